The van der Waals surface area contributed by atoms with Crippen LogP contribution < -0.4 is 28.7 Å². The molecule has 0 bridgehead atoms. The molecule has 0 amide bonds. The second kappa shape index (κ2) is 17.4. The van der Waals surface area contributed by atoms with E-state index >= 15 is 0 Å². The zero-order chi connectivity index (χ0) is 43.8. The van der Waals surface area contributed by atoms with E-state index in [2.05, 4.69) is 0 Å². The zero-order valence-corrected chi connectivity index (χ0v) is 35.6. The van der Waals surface area contributed by atoms with Crippen LogP contribution in [0.4, 0.5) is 26.3 Å². The molecule has 0 aromatic heterocycles. The van der Waals surface area contributed by atoms with Gasteiger partial charge in [0.15, 0.2) is 8.15 Å². The molecule has 4 nitrogen and oxygen atoms in total. The second-order valence-corrected chi connectivity index (χ2v) is 17.6. The van der Waals surface area contributed by atoms with Crippen molar-refractivity contribution in [1.29, 1.82) is 0 Å². The first kappa shape index (κ1) is 42.6. The highest BCUT2D eigenvalue weighted by Crippen LogP contribution is 2.55. The number of rotatable bonds is 11. The van der Waals surface area contributed by atoms with Crippen molar-refractivity contribution >= 4 is 48.9 Å². The maximum atomic E-state index is 14.4. The third kappa shape index (κ3) is 8.95. The summed E-state index contributed by atoms with van der Waals surface area (Å²) >= 11 is 0. The van der Waals surface area contributed by atoms with Crippen LogP contribution >= 0.6 is 16.8 Å². The summed E-state index contributed by atoms with van der Waals surface area (Å²) in [4.78, 5) is 0. The minimum absolute atomic E-state index is 0.132. The maximum absolute atomic E-state index is 14.4. The molecule has 0 aliphatic heterocycles. The quantitative estimate of drug-likeness (QED) is 0.0958. The van der Waals surface area contributed by atoms with E-state index in [1.165, 1.54) is 0 Å². The Bertz CT molecular complexity index is 2840. The maximum Gasteiger partial charge on any atom is 0.530 e. The van der Waals surface area contributed by atoms with Crippen molar-refractivity contribution in [3.05, 3.63) is 191 Å². The molecule has 0 saturated heterocycles. The number of hydrogen-bond donors (Lipinski definition) is 0. The van der Waals surface area contributed by atoms with Crippen molar-refractivity contribution in [3.63, 3.8) is 0 Å². The van der Waals surface area contributed by atoms with Crippen LogP contribution in [0, 0.1) is 27.7 Å². The molecule has 8 aromatic carbocycles. The average molecular weight is 879 g/mol. The van der Waals surface area contributed by atoms with Gasteiger partial charge in [0.1, 0.15) is 23.0 Å². The Morgan fingerprint density at radius 1 is 0.387 bits per heavy atom. The molecule has 8 rings (SSSR count). The Morgan fingerprint density at radius 2 is 0.806 bits per heavy atom. The minimum atomic E-state index is -5.07. The van der Waals surface area contributed by atoms with Crippen molar-refractivity contribution in [2.75, 3.05) is 0 Å². The average Bonchev–Trinajstić information content (AvgIpc) is 3.24. The number of halogens is 6. The van der Waals surface area contributed by atoms with Crippen molar-refractivity contribution in [2.45, 2.75) is 40.0 Å². The molecule has 1 atom stereocenters. The Hall–Kier alpha value is -6.08. The van der Waals surface area contributed by atoms with Crippen molar-refractivity contribution in [1.82, 2.24) is 0 Å². The molecule has 0 N–H and O–H groups in total. The molecule has 0 fully saturated rings. The molecule has 12 heteroatoms. The van der Waals surface area contributed by atoms with Crippen LogP contribution in [0.25, 0.3) is 32.7 Å². The highest BCUT2D eigenvalue weighted by molar-refractivity contribution is 7.68. The lowest BCUT2D eigenvalue weighted by molar-refractivity contribution is -0.142. The van der Waals surface area contributed by atoms with Gasteiger partial charge in [0.2, 0.25) is 0 Å². The van der Waals surface area contributed by atoms with Gasteiger partial charge in [0.25, 0.3) is 0 Å². The van der Waals surface area contributed by atoms with E-state index in [9.17, 15) is 26.3 Å². The standard InChI is InChI=1S/C50H38F6O4P2/c1-31-16-8-14-24-43(31)57-62(58-44-25-15-9-17-32(44)2)60-48-34(4)27-36-19-11-13-23-42(36)46(48)45-41-22-12-10-18-35(41)26-33(3)47(45)59-61(39-20-6-5-7-21-39)40-29-37(49(51,52)53)28-38(30-40)50(54,55)56/h5-30H,1-4H3. The van der Waals surface area contributed by atoms with Crippen LogP contribution in [0.15, 0.2) is 158 Å². The van der Waals surface area contributed by atoms with Gasteiger partial charge in [-0.15, -0.1) is 0 Å². The summed E-state index contributed by atoms with van der Waals surface area (Å²) in [5.74, 6) is 1.74. The lowest BCUT2D eigenvalue weighted by atomic mass is 9.89. The number of hydrogen-bond acceptors (Lipinski definition) is 4. The topological polar surface area (TPSA) is 36.9 Å². The smallest absolute Gasteiger partial charge is 0.464 e. The highest BCUT2D eigenvalue weighted by atomic mass is 31.2. The molecule has 1 unspecified atom stereocenters. The lowest BCUT2D eigenvalue weighted by Crippen LogP contribution is -2.21. The van der Waals surface area contributed by atoms with Gasteiger partial charge >= 0.3 is 21.0 Å². The van der Waals surface area contributed by atoms with Gasteiger partial charge in [-0.25, -0.2) is 0 Å². The number of aryl methyl sites for hydroxylation is 4. The van der Waals surface area contributed by atoms with Crippen molar-refractivity contribution in [3.8, 4) is 34.1 Å². The molecule has 0 radical (unpaired) electrons. The SMILES string of the molecule is Cc1ccccc1OP(Oc1ccccc1C)Oc1c(C)cc2ccccc2c1-c1c(OP(c2ccccc2)c2cc(C(F)(F)F)cc(C(F)(F)F)c2)c(C)cc2ccccc12. The third-order valence-electron chi connectivity index (χ3n) is 10.3. The summed E-state index contributed by atoms with van der Waals surface area (Å²) in [5, 5.41) is 3.27. The predicted molar refractivity (Wildman–Crippen MR) is 237 cm³/mol. The van der Waals surface area contributed by atoms with Crippen molar-refractivity contribution in [2.24, 2.45) is 0 Å². The fourth-order valence-electron chi connectivity index (χ4n) is 7.24. The number of benzene rings is 8. The van der Waals surface area contributed by atoms with E-state index in [4.69, 9.17) is 18.1 Å². The van der Waals surface area contributed by atoms with Crippen LogP contribution in [-0.4, -0.2) is 0 Å². The predicted octanol–water partition coefficient (Wildman–Crippen LogP) is 15.1. The van der Waals surface area contributed by atoms with E-state index in [1.807, 2.05) is 137 Å². The Labute approximate surface area is 357 Å². The van der Waals surface area contributed by atoms with Crippen molar-refractivity contribution < 1.29 is 44.4 Å². The summed E-state index contributed by atoms with van der Waals surface area (Å²) in [6.07, 6.45) is -10.1. The zero-order valence-electron chi connectivity index (χ0n) is 33.8. The van der Waals surface area contributed by atoms with Gasteiger partial charge < -0.3 is 18.1 Å². The minimum Gasteiger partial charge on any atom is -0.464 e. The summed E-state index contributed by atoms with van der Waals surface area (Å²) in [6.45, 7) is 7.54. The molecular weight excluding hydrogens is 840 g/mol. The fraction of sp³-hybridized carbons (Fsp3) is 0.120. The molecule has 314 valence electrons. The molecule has 0 saturated carbocycles. The summed E-state index contributed by atoms with van der Waals surface area (Å²) < 4.78 is 113. The first-order valence-electron chi connectivity index (χ1n) is 19.5. The van der Waals surface area contributed by atoms with E-state index in [0.717, 1.165) is 39.4 Å². The Balaban J connectivity index is 1.39. The normalized spacial score (nSPS) is 12.4. The Morgan fingerprint density at radius 3 is 1.27 bits per heavy atom. The van der Waals surface area contributed by atoms with Gasteiger partial charge in [0, 0.05) is 21.7 Å². The van der Waals surface area contributed by atoms with Crippen LogP contribution in [0.2, 0.25) is 0 Å². The molecule has 0 aliphatic carbocycles. The van der Waals surface area contributed by atoms with Crippen LogP contribution in [0.3, 0.4) is 0 Å². The molecular formula is C50H38F6O4P2. The number of fused-ring (bicyclic) bond motifs is 2. The largest absolute Gasteiger partial charge is 0.530 e. The van der Waals surface area contributed by atoms with Gasteiger partial charge in [-0.1, -0.05) is 115 Å². The van der Waals surface area contributed by atoms with E-state index < -0.39 is 40.2 Å². The lowest BCUT2D eigenvalue weighted by Gasteiger charge is -2.27. The van der Waals surface area contributed by atoms with Crippen LogP contribution in [-0.2, 0) is 12.4 Å². The van der Waals surface area contributed by atoms with Gasteiger partial charge in [-0.05, 0) is 114 Å². The molecule has 62 heavy (non-hydrogen) atoms. The monoisotopic (exact) mass is 878 g/mol. The Kier molecular flexibility index (Phi) is 11.9. The summed E-state index contributed by atoms with van der Waals surface area (Å²) in [6, 6.07) is 44.1. The summed E-state index contributed by atoms with van der Waals surface area (Å²) in [7, 11) is -4.60. The van der Waals surface area contributed by atoms with Crippen LogP contribution in [0.1, 0.15) is 33.4 Å². The van der Waals surface area contributed by atoms with Crippen LogP contribution in [0.5, 0.6) is 23.0 Å². The van der Waals surface area contributed by atoms with Gasteiger partial charge in [0.05, 0.1) is 11.1 Å². The fourth-order valence-corrected chi connectivity index (χ4v) is 10.4. The van der Waals surface area contributed by atoms with E-state index in [1.54, 1.807) is 30.3 Å². The molecule has 0 heterocycles. The van der Waals surface area contributed by atoms with Gasteiger partial charge in [-0.3, -0.25) is 0 Å². The molecule has 0 aliphatic rings. The first-order valence-corrected chi connectivity index (χ1v) is 21.8. The highest BCUT2D eigenvalue weighted by Gasteiger charge is 2.39. The van der Waals surface area contributed by atoms with Gasteiger partial charge in [-0.2, -0.15) is 26.3 Å². The van der Waals surface area contributed by atoms with E-state index in [-0.39, 0.29) is 17.1 Å². The first-order chi connectivity index (χ1) is 29.7. The number of alkyl halides is 6. The molecule has 0 spiro atoms. The second-order valence-electron chi connectivity index (χ2n) is 14.8. The van der Waals surface area contributed by atoms with E-state index in [0.29, 0.717) is 50.2 Å². The summed E-state index contributed by atoms with van der Waals surface area (Å²) in [5.41, 5.74) is 1.26. The third-order valence-corrected chi connectivity index (χ3v) is 13.2. The number of para-hydroxylation sites is 2. The molecule has 8 aromatic rings.